The molecule has 1 amide bonds. The number of rotatable bonds is 4. The van der Waals surface area contributed by atoms with Gasteiger partial charge in [0.2, 0.25) is 0 Å². The standard InChI is InChI=1S/C20H20F3N3O2/c1-25-8-6-12(7-9-25)19(27)16-4-3-5-17(24-16)26(2)20(28)18-14(22)10-13(21)11-15(18)23/h3-5,10-12H,6-9H2,1-2H3. The summed E-state index contributed by atoms with van der Waals surface area (Å²) in [6.45, 7) is 1.63. The molecule has 0 atom stereocenters. The van der Waals surface area contributed by atoms with E-state index in [0.29, 0.717) is 12.1 Å². The van der Waals surface area contributed by atoms with Crippen molar-refractivity contribution in [1.29, 1.82) is 0 Å². The summed E-state index contributed by atoms with van der Waals surface area (Å²) in [5.41, 5.74) is -0.676. The smallest absolute Gasteiger partial charge is 0.265 e. The number of likely N-dealkylation sites (tertiary alicyclic amines) is 1. The quantitative estimate of drug-likeness (QED) is 0.751. The minimum Gasteiger partial charge on any atom is -0.306 e. The molecule has 0 unspecified atom stereocenters. The molecule has 1 aliphatic heterocycles. The van der Waals surface area contributed by atoms with Gasteiger partial charge in [0.05, 0.1) is 0 Å². The van der Waals surface area contributed by atoms with E-state index in [0.717, 1.165) is 30.8 Å². The summed E-state index contributed by atoms with van der Waals surface area (Å²) in [4.78, 5) is 32.5. The van der Waals surface area contributed by atoms with Gasteiger partial charge in [-0.15, -0.1) is 0 Å². The van der Waals surface area contributed by atoms with Gasteiger partial charge in [-0.2, -0.15) is 0 Å². The fraction of sp³-hybridized carbons (Fsp3) is 0.350. The number of amides is 1. The lowest BCUT2D eigenvalue weighted by molar-refractivity contribution is 0.0850. The second-order valence-electron chi connectivity index (χ2n) is 6.93. The van der Waals surface area contributed by atoms with Gasteiger partial charge in [-0.1, -0.05) is 6.07 Å². The average Bonchev–Trinajstić information content (AvgIpc) is 2.66. The molecule has 5 nitrogen and oxygen atoms in total. The fourth-order valence-corrected chi connectivity index (χ4v) is 3.25. The number of carbonyl (C=O) groups is 2. The molecule has 0 spiro atoms. The lowest BCUT2D eigenvalue weighted by atomic mass is 9.91. The van der Waals surface area contributed by atoms with Crippen molar-refractivity contribution in [2.24, 2.45) is 5.92 Å². The lowest BCUT2D eigenvalue weighted by Gasteiger charge is -2.27. The number of nitrogens with zero attached hydrogens (tertiary/aromatic N) is 3. The van der Waals surface area contributed by atoms with Crippen LogP contribution in [0.15, 0.2) is 30.3 Å². The number of aromatic nitrogens is 1. The number of Topliss-reactive ketones (excluding diaryl/α,β-unsaturated/α-hetero) is 1. The van der Waals surface area contributed by atoms with Gasteiger partial charge in [-0.05, 0) is 45.1 Å². The van der Waals surface area contributed by atoms with Crippen LogP contribution >= 0.6 is 0 Å². The summed E-state index contributed by atoms with van der Waals surface area (Å²) < 4.78 is 40.9. The third-order valence-electron chi connectivity index (χ3n) is 4.95. The first kappa shape index (κ1) is 20.0. The summed E-state index contributed by atoms with van der Waals surface area (Å²) in [7, 11) is 3.28. The highest BCUT2D eigenvalue weighted by molar-refractivity contribution is 6.06. The number of anilines is 1. The Bertz CT molecular complexity index is 888. The Balaban J connectivity index is 1.83. The van der Waals surface area contributed by atoms with E-state index in [1.807, 2.05) is 7.05 Å². The van der Waals surface area contributed by atoms with Crippen molar-refractivity contribution in [2.45, 2.75) is 12.8 Å². The van der Waals surface area contributed by atoms with Crippen LogP contribution in [-0.2, 0) is 0 Å². The molecule has 1 aliphatic rings. The van der Waals surface area contributed by atoms with Gasteiger partial charge in [0, 0.05) is 25.1 Å². The maximum absolute atomic E-state index is 13.9. The lowest BCUT2D eigenvalue weighted by Crippen LogP contribution is -2.34. The van der Waals surface area contributed by atoms with E-state index >= 15 is 0 Å². The molecule has 0 radical (unpaired) electrons. The summed E-state index contributed by atoms with van der Waals surface area (Å²) in [6.07, 6.45) is 1.45. The minimum absolute atomic E-state index is 0.0758. The second-order valence-corrected chi connectivity index (χ2v) is 6.93. The highest BCUT2D eigenvalue weighted by atomic mass is 19.1. The van der Waals surface area contributed by atoms with Crippen molar-refractivity contribution in [3.05, 3.63) is 59.0 Å². The van der Waals surface area contributed by atoms with E-state index in [-0.39, 0.29) is 23.2 Å². The van der Waals surface area contributed by atoms with Crippen LogP contribution in [0.25, 0.3) is 0 Å². The number of ketones is 1. The van der Waals surface area contributed by atoms with Crippen LogP contribution in [0.3, 0.4) is 0 Å². The molecule has 1 aromatic heterocycles. The maximum atomic E-state index is 13.9. The van der Waals surface area contributed by atoms with Crippen LogP contribution in [0.5, 0.6) is 0 Å². The monoisotopic (exact) mass is 391 g/mol. The number of halogens is 3. The van der Waals surface area contributed by atoms with E-state index in [9.17, 15) is 22.8 Å². The largest absolute Gasteiger partial charge is 0.306 e. The molecule has 0 saturated carbocycles. The zero-order valence-corrected chi connectivity index (χ0v) is 15.6. The first-order chi connectivity index (χ1) is 13.3. The zero-order valence-electron chi connectivity index (χ0n) is 15.6. The SMILES string of the molecule is CN1CCC(C(=O)c2cccc(N(C)C(=O)c3c(F)cc(F)cc3F)n2)CC1. The van der Waals surface area contributed by atoms with Gasteiger partial charge >= 0.3 is 0 Å². The van der Waals surface area contributed by atoms with Crippen LogP contribution in [0.2, 0.25) is 0 Å². The minimum atomic E-state index is -1.30. The molecular weight excluding hydrogens is 371 g/mol. The molecule has 28 heavy (non-hydrogen) atoms. The van der Waals surface area contributed by atoms with Crippen LogP contribution in [0.4, 0.5) is 19.0 Å². The molecule has 2 heterocycles. The molecule has 1 saturated heterocycles. The van der Waals surface area contributed by atoms with Crippen molar-refractivity contribution in [2.75, 3.05) is 32.1 Å². The molecule has 1 aromatic carbocycles. The van der Waals surface area contributed by atoms with Crippen LogP contribution in [0, 0.1) is 23.4 Å². The van der Waals surface area contributed by atoms with Gasteiger partial charge < -0.3 is 4.90 Å². The average molecular weight is 391 g/mol. The first-order valence-electron chi connectivity index (χ1n) is 8.90. The van der Waals surface area contributed by atoms with Crippen LogP contribution in [-0.4, -0.2) is 48.8 Å². The van der Waals surface area contributed by atoms with Gasteiger partial charge in [0.15, 0.2) is 5.78 Å². The Hall–Kier alpha value is -2.74. The molecule has 2 aromatic rings. The summed E-state index contributed by atoms with van der Waals surface area (Å²) in [5.74, 6) is -4.92. The zero-order chi connectivity index (χ0) is 20.4. The predicted octanol–water partition coefficient (Wildman–Crippen LogP) is 3.30. The number of piperidine rings is 1. The molecule has 8 heteroatoms. The Labute approximate surface area is 160 Å². The number of hydrogen-bond acceptors (Lipinski definition) is 4. The fourth-order valence-electron chi connectivity index (χ4n) is 3.25. The number of pyridine rings is 1. The van der Waals surface area contributed by atoms with Crippen LogP contribution < -0.4 is 4.90 Å². The van der Waals surface area contributed by atoms with Gasteiger partial charge in [-0.25, -0.2) is 18.2 Å². The Morgan fingerprint density at radius 1 is 1.11 bits per heavy atom. The Morgan fingerprint density at radius 2 is 1.71 bits per heavy atom. The van der Waals surface area contributed by atoms with E-state index in [2.05, 4.69) is 9.88 Å². The predicted molar refractivity (Wildman–Crippen MR) is 97.8 cm³/mol. The normalized spacial score (nSPS) is 15.5. The Morgan fingerprint density at radius 3 is 2.32 bits per heavy atom. The second kappa shape index (κ2) is 8.10. The van der Waals surface area contributed by atoms with E-state index < -0.39 is 28.9 Å². The van der Waals surface area contributed by atoms with Crippen molar-refractivity contribution >= 4 is 17.5 Å². The molecular formula is C20H20F3N3O2. The highest BCUT2D eigenvalue weighted by Crippen LogP contribution is 2.23. The van der Waals surface area contributed by atoms with Gasteiger partial charge in [0.1, 0.15) is 34.5 Å². The summed E-state index contributed by atoms with van der Waals surface area (Å²) >= 11 is 0. The Kier molecular flexibility index (Phi) is 5.79. The maximum Gasteiger partial charge on any atom is 0.265 e. The number of hydrogen-bond donors (Lipinski definition) is 0. The van der Waals surface area contributed by atoms with Gasteiger partial charge in [-0.3, -0.25) is 14.5 Å². The number of benzene rings is 1. The molecule has 1 fully saturated rings. The van der Waals surface area contributed by atoms with Crippen molar-refractivity contribution in [3.8, 4) is 0 Å². The van der Waals surface area contributed by atoms with Crippen molar-refractivity contribution in [3.63, 3.8) is 0 Å². The van der Waals surface area contributed by atoms with E-state index in [4.69, 9.17) is 0 Å². The van der Waals surface area contributed by atoms with E-state index in [1.54, 1.807) is 12.1 Å². The van der Waals surface area contributed by atoms with Gasteiger partial charge in [0.25, 0.3) is 5.91 Å². The van der Waals surface area contributed by atoms with Crippen molar-refractivity contribution < 1.29 is 22.8 Å². The molecule has 0 bridgehead atoms. The summed E-state index contributed by atoms with van der Waals surface area (Å²) in [5, 5.41) is 0. The highest BCUT2D eigenvalue weighted by Gasteiger charge is 2.27. The molecule has 3 rings (SSSR count). The van der Waals surface area contributed by atoms with Crippen molar-refractivity contribution in [1.82, 2.24) is 9.88 Å². The molecule has 148 valence electrons. The topological polar surface area (TPSA) is 53.5 Å². The van der Waals surface area contributed by atoms with E-state index in [1.165, 1.54) is 13.1 Å². The third-order valence-corrected chi connectivity index (χ3v) is 4.95. The summed E-state index contributed by atoms with van der Waals surface area (Å²) in [6, 6.07) is 5.46. The van der Waals surface area contributed by atoms with Crippen LogP contribution in [0.1, 0.15) is 33.7 Å². The third kappa shape index (κ3) is 4.06. The molecule has 0 N–H and O–H groups in total. The number of carbonyl (C=O) groups excluding carboxylic acids is 2. The molecule has 0 aliphatic carbocycles. The first-order valence-corrected chi connectivity index (χ1v) is 8.90.